The highest BCUT2D eigenvalue weighted by atomic mass is 32.1. The average Bonchev–Trinajstić information content (AvgIpc) is 3.27. The largest absolute Gasteiger partial charge is 0.348 e. The van der Waals surface area contributed by atoms with Gasteiger partial charge >= 0.3 is 0 Å². The number of amides is 1. The molecule has 4 heterocycles. The number of hydrogen-bond acceptors (Lipinski definition) is 8. The van der Waals surface area contributed by atoms with Crippen molar-refractivity contribution in [2.75, 3.05) is 23.3 Å². The predicted molar refractivity (Wildman–Crippen MR) is 103 cm³/mol. The summed E-state index contributed by atoms with van der Waals surface area (Å²) >= 11 is 2.68. The van der Waals surface area contributed by atoms with Crippen molar-refractivity contribution in [2.45, 2.75) is 26.3 Å². The Bertz CT molecular complexity index is 980. The van der Waals surface area contributed by atoms with E-state index in [0.29, 0.717) is 21.4 Å². The van der Waals surface area contributed by atoms with E-state index < -0.39 is 0 Å². The van der Waals surface area contributed by atoms with Crippen LogP contribution < -0.4 is 15.8 Å². The molecule has 1 aliphatic heterocycles. The highest BCUT2D eigenvalue weighted by Gasteiger charge is 2.21. The first-order valence-corrected chi connectivity index (χ1v) is 10.1. The van der Waals surface area contributed by atoms with Gasteiger partial charge < -0.3 is 10.2 Å². The molecule has 26 heavy (non-hydrogen) atoms. The molecule has 1 N–H and O–H groups in total. The van der Waals surface area contributed by atoms with Gasteiger partial charge in [-0.3, -0.25) is 14.2 Å². The maximum atomic E-state index is 12.7. The topological polar surface area (TPSA) is 93.0 Å². The fourth-order valence-corrected chi connectivity index (χ4v) is 4.59. The molecule has 0 unspecified atom stereocenters. The molecule has 8 nitrogen and oxygen atoms in total. The van der Waals surface area contributed by atoms with Gasteiger partial charge in [0.15, 0.2) is 15.9 Å². The Morgan fingerprint density at radius 3 is 3.08 bits per heavy atom. The van der Waals surface area contributed by atoms with Gasteiger partial charge in [-0.1, -0.05) is 18.3 Å². The Balaban J connectivity index is 1.56. The fraction of sp³-hybridized carbons (Fsp3) is 0.438. The minimum Gasteiger partial charge on any atom is -0.348 e. The average molecular weight is 390 g/mol. The second-order valence-electron chi connectivity index (χ2n) is 6.41. The lowest BCUT2D eigenvalue weighted by atomic mass is 10.0. The molecule has 1 fully saturated rings. The van der Waals surface area contributed by atoms with Crippen LogP contribution in [0.25, 0.3) is 10.3 Å². The highest BCUT2D eigenvalue weighted by Crippen LogP contribution is 2.29. The zero-order valence-corrected chi connectivity index (χ0v) is 15.8. The van der Waals surface area contributed by atoms with Gasteiger partial charge in [0.2, 0.25) is 5.91 Å². The molecular weight excluding hydrogens is 372 g/mol. The molecule has 0 bridgehead atoms. The quantitative estimate of drug-likeness (QED) is 0.734. The van der Waals surface area contributed by atoms with E-state index in [1.165, 1.54) is 40.0 Å². The molecule has 1 aliphatic rings. The molecule has 136 valence electrons. The van der Waals surface area contributed by atoms with Crippen molar-refractivity contribution in [3.05, 3.63) is 28.3 Å². The van der Waals surface area contributed by atoms with Crippen molar-refractivity contribution in [1.82, 2.24) is 19.5 Å². The number of carbonyl (C=O) groups is 1. The smallest absolute Gasteiger partial charge is 0.273 e. The van der Waals surface area contributed by atoms with E-state index in [2.05, 4.69) is 32.1 Å². The van der Waals surface area contributed by atoms with E-state index in [9.17, 15) is 9.59 Å². The van der Waals surface area contributed by atoms with Gasteiger partial charge in [0.25, 0.3) is 5.56 Å². The third kappa shape index (κ3) is 3.47. The first-order valence-electron chi connectivity index (χ1n) is 8.40. The van der Waals surface area contributed by atoms with Crippen molar-refractivity contribution in [2.24, 2.45) is 5.92 Å². The van der Waals surface area contributed by atoms with Crippen molar-refractivity contribution >= 4 is 49.2 Å². The predicted octanol–water partition coefficient (Wildman–Crippen LogP) is 2.18. The molecule has 0 saturated carbocycles. The van der Waals surface area contributed by atoms with E-state index in [1.54, 1.807) is 11.6 Å². The first kappa shape index (κ1) is 17.1. The molecule has 3 aromatic rings. The van der Waals surface area contributed by atoms with E-state index in [1.807, 2.05) is 0 Å². The van der Waals surface area contributed by atoms with Crippen LogP contribution in [0.1, 0.15) is 19.8 Å². The molecule has 1 atom stereocenters. The number of anilines is 2. The van der Waals surface area contributed by atoms with Crippen LogP contribution in [0.2, 0.25) is 0 Å². The second-order valence-corrected chi connectivity index (χ2v) is 8.28. The van der Waals surface area contributed by atoms with Crippen LogP contribution in [0.5, 0.6) is 0 Å². The molecule has 0 aromatic carbocycles. The number of thiazole rings is 2. The van der Waals surface area contributed by atoms with Gasteiger partial charge in [-0.15, -0.1) is 11.3 Å². The van der Waals surface area contributed by atoms with Crippen molar-refractivity contribution in [3.63, 3.8) is 0 Å². The number of rotatable bonds is 4. The molecule has 4 rings (SSSR count). The summed E-state index contributed by atoms with van der Waals surface area (Å²) in [6.07, 6.45) is 5.35. The minimum atomic E-state index is -0.308. The number of carbonyl (C=O) groups excluding carboxylic acids is 1. The zero-order chi connectivity index (χ0) is 18.1. The second kappa shape index (κ2) is 7.12. The summed E-state index contributed by atoms with van der Waals surface area (Å²) in [5, 5.41) is 5.79. The number of aromatic nitrogens is 4. The normalized spacial score (nSPS) is 17.6. The summed E-state index contributed by atoms with van der Waals surface area (Å²) in [6.45, 7) is 4.03. The Morgan fingerprint density at radius 1 is 1.42 bits per heavy atom. The monoisotopic (exact) mass is 390 g/mol. The number of piperidine rings is 1. The van der Waals surface area contributed by atoms with Gasteiger partial charge in [-0.2, -0.15) is 4.98 Å². The van der Waals surface area contributed by atoms with Gasteiger partial charge in [-0.05, 0) is 18.8 Å². The Hall–Kier alpha value is -2.33. The Morgan fingerprint density at radius 2 is 2.31 bits per heavy atom. The fourth-order valence-electron chi connectivity index (χ4n) is 3.04. The lowest BCUT2D eigenvalue weighted by Crippen LogP contribution is -2.34. The zero-order valence-electron chi connectivity index (χ0n) is 14.2. The maximum Gasteiger partial charge on any atom is 0.273 e. The van der Waals surface area contributed by atoms with Crippen molar-refractivity contribution in [1.29, 1.82) is 0 Å². The SMILES string of the molecule is C[C@@H]1CCCN(c2nc3ncn(CC(=O)Nc4nccs4)c(=O)c3s2)C1. The summed E-state index contributed by atoms with van der Waals surface area (Å²) in [6, 6.07) is 0. The Kier molecular flexibility index (Phi) is 4.68. The van der Waals surface area contributed by atoms with Crippen molar-refractivity contribution < 1.29 is 4.79 Å². The Labute approximate surface area is 157 Å². The van der Waals surface area contributed by atoms with Gasteiger partial charge in [0.05, 0.1) is 0 Å². The van der Waals surface area contributed by atoms with E-state index >= 15 is 0 Å². The third-order valence-electron chi connectivity index (χ3n) is 4.29. The van der Waals surface area contributed by atoms with E-state index in [-0.39, 0.29) is 18.0 Å². The summed E-state index contributed by atoms with van der Waals surface area (Å²) < 4.78 is 1.80. The van der Waals surface area contributed by atoms with Gasteiger partial charge in [0, 0.05) is 24.7 Å². The van der Waals surface area contributed by atoms with Crippen LogP contribution in [-0.4, -0.2) is 38.5 Å². The van der Waals surface area contributed by atoms with Crippen LogP contribution in [0.4, 0.5) is 10.3 Å². The summed E-state index contributed by atoms with van der Waals surface area (Å²) in [5.74, 6) is 0.313. The number of hydrogen-bond donors (Lipinski definition) is 1. The summed E-state index contributed by atoms with van der Waals surface area (Å²) in [4.78, 5) is 39.8. The molecule has 3 aromatic heterocycles. The van der Waals surface area contributed by atoms with Crippen LogP contribution in [0.15, 0.2) is 22.7 Å². The van der Waals surface area contributed by atoms with Gasteiger partial charge in [-0.25, -0.2) is 9.97 Å². The first-order chi connectivity index (χ1) is 12.6. The maximum absolute atomic E-state index is 12.7. The van der Waals surface area contributed by atoms with Crippen LogP contribution in [0.3, 0.4) is 0 Å². The summed E-state index contributed by atoms with van der Waals surface area (Å²) in [5.41, 5.74) is 0.211. The van der Waals surface area contributed by atoms with Crippen LogP contribution >= 0.6 is 22.7 Å². The molecule has 0 spiro atoms. The third-order valence-corrected chi connectivity index (χ3v) is 6.07. The summed E-state index contributed by atoms with van der Waals surface area (Å²) in [7, 11) is 0. The molecule has 0 radical (unpaired) electrons. The lowest BCUT2D eigenvalue weighted by Gasteiger charge is -2.30. The van der Waals surface area contributed by atoms with E-state index in [0.717, 1.165) is 24.6 Å². The van der Waals surface area contributed by atoms with Gasteiger partial charge in [0.1, 0.15) is 17.6 Å². The molecule has 1 amide bonds. The standard InChI is InChI=1S/C16H18N6O2S2/c1-10-3-2-5-21(7-10)16-20-13-12(26-16)14(24)22(9-18-13)8-11(23)19-15-17-4-6-25-15/h4,6,9-10H,2-3,5,7-8H2,1H3,(H,17,19,23)/t10-/m1/s1. The van der Waals surface area contributed by atoms with E-state index in [4.69, 9.17) is 0 Å². The lowest BCUT2D eigenvalue weighted by molar-refractivity contribution is -0.116. The highest BCUT2D eigenvalue weighted by molar-refractivity contribution is 7.22. The molecule has 1 saturated heterocycles. The van der Waals surface area contributed by atoms with Crippen LogP contribution in [0, 0.1) is 5.92 Å². The molecule has 0 aliphatic carbocycles. The molecule has 10 heteroatoms. The molecular formula is C16H18N6O2S2. The number of fused-ring (bicyclic) bond motifs is 1. The van der Waals surface area contributed by atoms with Crippen LogP contribution in [-0.2, 0) is 11.3 Å². The minimum absolute atomic E-state index is 0.102. The van der Waals surface area contributed by atoms with Crippen molar-refractivity contribution in [3.8, 4) is 0 Å². The number of nitrogens with one attached hydrogen (secondary N) is 1. The number of nitrogens with zero attached hydrogens (tertiary/aromatic N) is 5.